The summed E-state index contributed by atoms with van der Waals surface area (Å²) in [5.74, 6) is 0.0785. The van der Waals surface area contributed by atoms with Gasteiger partial charge in [0, 0.05) is 17.7 Å². The molecule has 4 nitrogen and oxygen atoms in total. The Morgan fingerprint density at radius 3 is 2.37 bits per heavy atom. The lowest BCUT2D eigenvalue weighted by atomic mass is 10.1. The number of aliphatic carboxylic acids is 1. The highest BCUT2D eigenvalue weighted by atomic mass is 35.5. The standard InChI is InChI=1S/C14H17ClO4/c1-4-18-12-8-13(19-5-2)11(15)7-10(12)9(3)6-14(16)17/h6-8H,4-5H2,1-3H3,(H,16,17)/b9-6+. The number of halogens is 1. The van der Waals surface area contributed by atoms with E-state index in [1.54, 1.807) is 19.1 Å². The van der Waals surface area contributed by atoms with Crippen LogP contribution in [0.4, 0.5) is 0 Å². The summed E-state index contributed by atoms with van der Waals surface area (Å²) in [5.41, 5.74) is 1.22. The van der Waals surface area contributed by atoms with E-state index in [9.17, 15) is 4.79 Å². The summed E-state index contributed by atoms with van der Waals surface area (Å²) < 4.78 is 10.9. The largest absolute Gasteiger partial charge is 0.493 e. The average Bonchev–Trinajstić information content (AvgIpc) is 2.32. The first-order valence-electron chi connectivity index (χ1n) is 6.00. The van der Waals surface area contributed by atoms with Crippen LogP contribution in [-0.4, -0.2) is 24.3 Å². The molecule has 0 saturated carbocycles. The van der Waals surface area contributed by atoms with E-state index >= 15 is 0 Å². The van der Waals surface area contributed by atoms with Crippen molar-refractivity contribution in [3.63, 3.8) is 0 Å². The molecule has 104 valence electrons. The molecular formula is C14H17ClO4. The Labute approximate surface area is 117 Å². The van der Waals surface area contributed by atoms with E-state index in [0.29, 0.717) is 40.9 Å². The highest BCUT2D eigenvalue weighted by molar-refractivity contribution is 6.32. The highest BCUT2D eigenvalue weighted by Gasteiger charge is 2.12. The normalized spacial score (nSPS) is 11.3. The molecule has 0 amide bonds. The highest BCUT2D eigenvalue weighted by Crippen LogP contribution is 2.36. The van der Waals surface area contributed by atoms with Gasteiger partial charge in [0.25, 0.3) is 0 Å². The zero-order valence-corrected chi connectivity index (χ0v) is 12.0. The van der Waals surface area contributed by atoms with Gasteiger partial charge in [-0.25, -0.2) is 4.79 Å². The molecule has 0 atom stereocenters. The topological polar surface area (TPSA) is 55.8 Å². The Bertz CT molecular complexity index is 494. The summed E-state index contributed by atoms with van der Waals surface area (Å²) in [6.07, 6.45) is 1.12. The number of ether oxygens (including phenoxy) is 2. The summed E-state index contributed by atoms with van der Waals surface area (Å²) >= 11 is 6.11. The second-order valence-electron chi connectivity index (χ2n) is 3.81. The van der Waals surface area contributed by atoms with Crippen molar-refractivity contribution in [2.75, 3.05) is 13.2 Å². The maximum atomic E-state index is 10.7. The monoisotopic (exact) mass is 284 g/mol. The van der Waals surface area contributed by atoms with Gasteiger partial charge < -0.3 is 14.6 Å². The number of allylic oxidation sites excluding steroid dienone is 1. The zero-order valence-electron chi connectivity index (χ0n) is 11.2. The van der Waals surface area contributed by atoms with E-state index in [1.165, 1.54) is 0 Å². The van der Waals surface area contributed by atoms with Gasteiger partial charge >= 0.3 is 5.97 Å². The van der Waals surface area contributed by atoms with E-state index in [-0.39, 0.29) is 0 Å². The first-order chi connectivity index (χ1) is 8.99. The van der Waals surface area contributed by atoms with Crippen molar-refractivity contribution in [2.24, 2.45) is 0 Å². The van der Waals surface area contributed by atoms with Crippen molar-refractivity contribution in [3.05, 3.63) is 28.8 Å². The molecule has 0 fully saturated rings. The summed E-state index contributed by atoms with van der Waals surface area (Å²) in [6, 6.07) is 3.34. The fourth-order valence-electron chi connectivity index (χ4n) is 1.65. The van der Waals surface area contributed by atoms with Gasteiger partial charge in [-0.15, -0.1) is 0 Å². The van der Waals surface area contributed by atoms with Gasteiger partial charge in [0.05, 0.1) is 18.2 Å². The lowest BCUT2D eigenvalue weighted by Crippen LogP contribution is -2.00. The molecule has 1 N–H and O–H groups in total. The van der Waals surface area contributed by atoms with Crippen molar-refractivity contribution in [3.8, 4) is 11.5 Å². The van der Waals surface area contributed by atoms with Crippen LogP contribution in [0.5, 0.6) is 11.5 Å². The Morgan fingerprint density at radius 1 is 1.26 bits per heavy atom. The molecule has 1 aromatic rings. The molecule has 0 aliphatic carbocycles. The molecule has 0 heterocycles. The minimum atomic E-state index is -1.01. The Balaban J connectivity index is 3.29. The SMILES string of the molecule is CCOc1cc(OCC)c(/C(C)=C/C(=O)O)cc1Cl. The van der Waals surface area contributed by atoms with Gasteiger partial charge in [0.15, 0.2) is 0 Å². The second kappa shape index (κ2) is 7.04. The van der Waals surface area contributed by atoms with Crippen molar-refractivity contribution in [1.82, 2.24) is 0 Å². The second-order valence-corrected chi connectivity index (χ2v) is 4.22. The quantitative estimate of drug-likeness (QED) is 0.811. The molecule has 1 rings (SSSR count). The number of hydrogen-bond acceptors (Lipinski definition) is 3. The van der Waals surface area contributed by atoms with Crippen molar-refractivity contribution < 1.29 is 19.4 Å². The summed E-state index contributed by atoms with van der Waals surface area (Å²) in [4.78, 5) is 10.7. The first kappa shape index (κ1) is 15.4. The van der Waals surface area contributed by atoms with Crippen LogP contribution in [0.15, 0.2) is 18.2 Å². The van der Waals surface area contributed by atoms with Crippen LogP contribution in [0, 0.1) is 0 Å². The number of rotatable bonds is 6. The minimum Gasteiger partial charge on any atom is -0.493 e. The Kier molecular flexibility index (Phi) is 5.70. The van der Waals surface area contributed by atoms with Gasteiger partial charge in [0.2, 0.25) is 0 Å². The molecule has 0 unspecified atom stereocenters. The molecule has 1 aromatic carbocycles. The first-order valence-corrected chi connectivity index (χ1v) is 6.38. The van der Waals surface area contributed by atoms with Crippen molar-refractivity contribution in [2.45, 2.75) is 20.8 Å². The predicted molar refractivity (Wildman–Crippen MR) is 75.1 cm³/mol. The Morgan fingerprint density at radius 2 is 1.84 bits per heavy atom. The fraction of sp³-hybridized carbons (Fsp3) is 0.357. The molecule has 0 aliphatic rings. The van der Waals surface area contributed by atoms with Crippen LogP contribution in [0.1, 0.15) is 26.3 Å². The van der Waals surface area contributed by atoms with Crippen LogP contribution in [-0.2, 0) is 4.79 Å². The molecule has 0 aliphatic heterocycles. The number of hydrogen-bond donors (Lipinski definition) is 1. The molecular weight excluding hydrogens is 268 g/mol. The van der Waals surface area contributed by atoms with Gasteiger partial charge in [-0.1, -0.05) is 11.6 Å². The molecule has 0 radical (unpaired) electrons. The summed E-state index contributed by atoms with van der Waals surface area (Å²) in [7, 11) is 0. The zero-order chi connectivity index (χ0) is 14.4. The van der Waals surface area contributed by atoms with E-state index < -0.39 is 5.97 Å². The van der Waals surface area contributed by atoms with Crippen LogP contribution in [0.2, 0.25) is 5.02 Å². The van der Waals surface area contributed by atoms with Gasteiger partial charge in [-0.3, -0.25) is 0 Å². The number of carboxylic acids is 1. The van der Waals surface area contributed by atoms with Crippen molar-refractivity contribution in [1.29, 1.82) is 0 Å². The number of carbonyl (C=O) groups is 1. The number of carboxylic acid groups (broad SMARTS) is 1. The minimum absolute atomic E-state index is 0.429. The van der Waals surface area contributed by atoms with Gasteiger partial charge in [-0.2, -0.15) is 0 Å². The van der Waals surface area contributed by atoms with E-state index in [2.05, 4.69) is 0 Å². The Hall–Kier alpha value is -1.68. The van der Waals surface area contributed by atoms with Gasteiger partial charge in [-0.05, 0) is 32.4 Å². The molecule has 0 saturated heterocycles. The third-order valence-electron chi connectivity index (χ3n) is 2.40. The molecule has 0 aromatic heterocycles. The van der Waals surface area contributed by atoms with Crippen LogP contribution in [0.25, 0.3) is 5.57 Å². The average molecular weight is 285 g/mol. The molecule has 19 heavy (non-hydrogen) atoms. The summed E-state index contributed by atoms with van der Waals surface area (Å²) in [6.45, 7) is 6.38. The number of benzene rings is 1. The van der Waals surface area contributed by atoms with E-state index in [0.717, 1.165) is 6.08 Å². The third-order valence-corrected chi connectivity index (χ3v) is 2.69. The maximum absolute atomic E-state index is 10.7. The maximum Gasteiger partial charge on any atom is 0.328 e. The van der Waals surface area contributed by atoms with Crippen molar-refractivity contribution >= 4 is 23.1 Å². The predicted octanol–water partition coefficient (Wildman–Crippen LogP) is 3.63. The summed E-state index contributed by atoms with van der Waals surface area (Å²) in [5, 5.41) is 9.23. The lowest BCUT2D eigenvalue weighted by molar-refractivity contribution is -0.131. The lowest BCUT2D eigenvalue weighted by Gasteiger charge is -2.14. The van der Waals surface area contributed by atoms with Crippen LogP contribution in [0.3, 0.4) is 0 Å². The van der Waals surface area contributed by atoms with E-state index in [1.807, 2.05) is 13.8 Å². The fourth-order valence-corrected chi connectivity index (χ4v) is 1.87. The van der Waals surface area contributed by atoms with E-state index in [4.69, 9.17) is 26.2 Å². The van der Waals surface area contributed by atoms with Crippen LogP contribution >= 0.6 is 11.6 Å². The van der Waals surface area contributed by atoms with Crippen LogP contribution < -0.4 is 9.47 Å². The molecule has 0 bridgehead atoms. The van der Waals surface area contributed by atoms with Gasteiger partial charge in [0.1, 0.15) is 11.5 Å². The smallest absolute Gasteiger partial charge is 0.328 e. The molecule has 5 heteroatoms. The third kappa shape index (κ3) is 4.17. The molecule has 0 spiro atoms.